The zero-order valence-corrected chi connectivity index (χ0v) is 10.9. The van der Waals surface area contributed by atoms with E-state index >= 15 is 0 Å². The van der Waals surface area contributed by atoms with Crippen molar-refractivity contribution in [3.63, 3.8) is 0 Å². The van der Waals surface area contributed by atoms with Gasteiger partial charge in [-0.05, 0) is 19.0 Å². The number of nitrogens with one attached hydrogen (secondary N) is 1. The van der Waals surface area contributed by atoms with Gasteiger partial charge >= 0.3 is 0 Å². The Morgan fingerprint density at radius 3 is 2.83 bits per heavy atom. The van der Waals surface area contributed by atoms with Crippen molar-refractivity contribution in [2.24, 2.45) is 0 Å². The standard InChI is InChI=1S/C14H20FNO2/c1-3-16-12-8-13(14(12)17-2)18-9-10-6-4-5-7-11(10)15/h4-7,12-14,16H,3,8-9H2,1-2H3. The van der Waals surface area contributed by atoms with Crippen LogP contribution in [0, 0.1) is 5.82 Å². The summed E-state index contributed by atoms with van der Waals surface area (Å²) in [6, 6.07) is 7.05. The minimum Gasteiger partial charge on any atom is -0.377 e. The van der Waals surface area contributed by atoms with Crippen molar-refractivity contribution in [1.82, 2.24) is 5.32 Å². The first-order valence-electron chi connectivity index (χ1n) is 6.37. The second kappa shape index (κ2) is 6.27. The molecule has 0 radical (unpaired) electrons. The molecule has 1 aromatic rings. The molecule has 100 valence electrons. The van der Waals surface area contributed by atoms with Crippen molar-refractivity contribution in [2.75, 3.05) is 13.7 Å². The quantitative estimate of drug-likeness (QED) is 0.842. The van der Waals surface area contributed by atoms with E-state index in [1.54, 1.807) is 19.2 Å². The Morgan fingerprint density at radius 2 is 2.17 bits per heavy atom. The van der Waals surface area contributed by atoms with Crippen molar-refractivity contribution < 1.29 is 13.9 Å². The minimum atomic E-state index is -0.214. The lowest BCUT2D eigenvalue weighted by Gasteiger charge is -2.43. The van der Waals surface area contributed by atoms with Gasteiger partial charge in [-0.2, -0.15) is 0 Å². The van der Waals surface area contributed by atoms with E-state index < -0.39 is 0 Å². The largest absolute Gasteiger partial charge is 0.377 e. The molecule has 0 aliphatic heterocycles. The second-order valence-corrected chi connectivity index (χ2v) is 4.54. The highest BCUT2D eigenvalue weighted by atomic mass is 19.1. The molecular weight excluding hydrogens is 233 g/mol. The zero-order valence-electron chi connectivity index (χ0n) is 10.9. The monoisotopic (exact) mass is 253 g/mol. The van der Waals surface area contributed by atoms with Gasteiger partial charge in [-0.15, -0.1) is 0 Å². The van der Waals surface area contributed by atoms with Crippen molar-refractivity contribution in [1.29, 1.82) is 0 Å². The smallest absolute Gasteiger partial charge is 0.128 e. The molecule has 1 aliphatic rings. The Kier molecular flexibility index (Phi) is 4.69. The lowest BCUT2D eigenvalue weighted by atomic mass is 9.85. The van der Waals surface area contributed by atoms with Gasteiger partial charge in [0.25, 0.3) is 0 Å². The number of rotatable bonds is 6. The first kappa shape index (κ1) is 13.5. The Balaban J connectivity index is 1.83. The van der Waals surface area contributed by atoms with Crippen molar-refractivity contribution in [3.05, 3.63) is 35.6 Å². The van der Waals surface area contributed by atoms with Gasteiger partial charge in [-0.25, -0.2) is 4.39 Å². The predicted molar refractivity (Wildman–Crippen MR) is 67.9 cm³/mol. The Labute approximate surface area is 107 Å². The summed E-state index contributed by atoms with van der Waals surface area (Å²) in [7, 11) is 1.69. The zero-order chi connectivity index (χ0) is 13.0. The molecule has 18 heavy (non-hydrogen) atoms. The van der Waals surface area contributed by atoms with Crippen LogP contribution in [0.4, 0.5) is 4.39 Å². The average Bonchev–Trinajstić information content (AvgIpc) is 2.35. The molecule has 1 saturated carbocycles. The first-order chi connectivity index (χ1) is 8.76. The maximum atomic E-state index is 13.4. The van der Waals surface area contributed by atoms with E-state index in [9.17, 15) is 4.39 Å². The summed E-state index contributed by atoms with van der Waals surface area (Å²) in [5.41, 5.74) is 0.597. The maximum absolute atomic E-state index is 13.4. The molecular formula is C14H20FNO2. The van der Waals surface area contributed by atoms with Crippen molar-refractivity contribution >= 4 is 0 Å². The van der Waals surface area contributed by atoms with Crippen LogP contribution in [0.25, 0.3) is 0 Å². The predicted octanol–water partition coefficient (Wildman–Crippen LogP) is 2.11. The fourth-order valence-corrected chi connectivity index (χ4v) is 2.33. The summed E-state index contributed by atoms with van der Waals surface area (Å²) in [5, 5.41) is 3.34. The van der Waals surface area contributed by atoms with Crippen LogP contribution in [0.2, 0.25) is 0 Å². The summed E-state index contributed by atoms with van der Waals surface area (Å²) in [6.45, 7) is 3.29. The topological polar surface area (TPSA) is 30.5 Å². The summed E-state index contributed by atoms with van der Waals surface area (Å²) < 4.78 is 24.5. The van der Waals surface area contributed by atoms with Crippen LogP contribution >= 0.6 is 0 Å². The molecule has 1 N–H and O–H groups in total. The molecule has 2 rings (SSSR count). The normalized spacial score (nSPS) is 26.9. The Bertz CT molecular complexity index is 386. The molecule has 0 heterocycles. The van der Waals surface area contributed by atoms with E-state index in [-0.39, 0.29) is 18.0 Å². The van der Waals surface area contributed by atoms with Gasteiger partial charge in [0.05, 0.1) is 18.8 Å². The number of halogens is 1. The fourth-order valence-electron chi connectivity index (χ4n) is 2.33. The van der Waals surface area contributed by atoms with Crippen LogP contribution in [0.1, 0.15) is 18.9 Å². The first-order valence-corrected chi connectivity index (χ1v) is 6.37. The molecule has 0 spiro atoms. The summed E-state index contributed by atoms with van der Waals surface area (Å²) in [5.74, 6) is -0.214. The van der Waals surface area contributed by atoms with Crippen LogP contribution < -0.4 is 5.32 Å². The molecule has 1 aliphatic carbocycles. The van der Waals surface area contributed by atoms with Crippen LogP contribution in [0.3, 0.4) is 0 Å². The number of hydrogen-bond acceptors (Lipinski definition) is 3. The van der Waals surface area contributed by atoms with E-state index in [0.717, 1.165) is 13.0 Å². The van der Waals surface area contributed by atoms with Crippen LogP contribution in [-0.2, 0) is 16.1 Å². The van der Waals surface area contributed by atoms with E-state index in [2.05, 4.69) is 12.2 Å². The Morgan fingerprint density at radius 1 is 1.39 bits per heavy atom. The molecule has 4 heteroatoms. The average molecular weight is 253 g/mol. The van der Waals surface area contributed by atoms with E-state index in [0.29, 0.717) is 18.2 Å². The third-order valence-electron chi connectivity index (χ3n) is 3.40. The van der Waals surface area contributed by atoms with E-state index in [4.69, 9.17) is 9.47 Å². The van der Waals surface area contributed by atoms with E-state index in [1.165, 1.54) is 6.07 Å². The molecule has 3 atom stereocenters. The fraction of sp³-hybridized carbons (Fsp3) is 0.571. The van der Waals surface area contributed by atoms with Gasteiger partial charge in [0.2, 0.25) is 0 Å². The number of ether oxygens (including phenoxy) is 2. The Hall–Kier alpha value is -0.970. The number of methoxy groups -OCH3 is 1. The van der Waals surface area contributed by atoms with Gasteiger partial charge in [0.15, 0.2) is 0 Å². The molecule has 3 nitrogen and oxygen atoms in total. The molecule has 0 aromatic heterocycles. The molecule has 1 fully saturated rings. The molecule has 0 saturated heterocycles. The highest BCUT2D eigenvalue weighted by Gasteiger charge is 2.41. The van der Waals surface area contributed by atoms with Gasteiger partial charge in [-0.1, -0.05) is 25.1 Å². The van der Waals surface area contributed by atoms with Gasteiger partial charge in [-0.3, -0.25) is 0 Å². The number of hydrogen-bond donors (Lipinski definition) is 1. The van der Waals surface area contributed by atoms with Crippen LogP contribution in [-0.4, -0.2) is 31.9 Å². The number of likely N-dealkylation sites (N-methyl/N-ethyl adjacent to an activating group) is 1. The SMILES string of the molecule is CCNC1CC(OCc2ccccc2F)C1OC. The van der Waals surface area contributed by atoms with Gasteiger partial charge < -0.3 is 14.8 Å². The molecule has 0 amide bonds. The summed E-state index contributed by atoms with van der Waals surface area (Å²) in [6.07, 6.45) is 1.04. The molecule has 0 bridgehead atoms. The van der Waals surface area contributed by atoms with Crippen LogP contribution in [0.5, 0.6) is 0 Å². The van der Waals surface area contributed by atoms with Crippen molar-refractivity contribution in [3.8, 4) is 0 Å². The maximum Gasteiger partial charge on any atom is 0.128 e. The third kappa shape index (κ3) is 2.88. The van der Waals surface area contributed by atoms with Crippen LogP contribution in [0.15, 0.2) is 24.3 Å². The van der Waals surface area contributed by atoms with Gasteiger partial charge in [0.1, 0.15) is 5.82 Å². The number of benzene rings is 1. The minimum absolute atomic E-state index is 0.0543. The summed E-state index contributed by atoms with van der Waals surface area (Å²) >= 11 is 0. The highest BCUT2D eigenvalue weighted by molar-refractivity contribution is 5.16. The molecule has 3 unspecified atom stereocenters. The van der Waals surface area contributed by atoms with Gasteiger partial charge in [0, 0.05) is 18.7 Å². The lowest BCUT2D eigenvalue weighted by molar-refractivity contribution is -0.139. The lowest BCUT2D eigenvalue weighted by Crippen LogP contribution is -2.59. The molecule has 1 aromatic carbocycles. The van der Waals surface area contributed by atoms with Crippen molar-refractivity contribution in [2.45, 2.75) is 38.2 Å². The second-order valence-electron chi connectivity index (χ2n) is 4.54. The van der Waals surface area contributed by atoms with E-state index in [1.807, 2.05) is 6.07 Å². The third-order valence-corrected chi connectivity index (χ3v) is 3.40. The summed E-state index contributed by atoms with van der Waals surface area (Å²) in [4.78, 5) is 0. The highest BCUT2D eigenvalue weighted by Crippen LogP contribution is 2.28.